The van der Waals surface area contributed by atoms with Crippen molar-refractivity contribution in [1.82, 2.24) is 0 Å². The Morgan fingerprint density at radius 2 is 0.254 bits per heavy atom. The first kappa shape index (κ1) is 57.0. The van der Waals surface area contributed by atoms with E-state index in [1.165, 1.54) is 0 Å². The molecule has 0 saturated carbocycles. The van der Waals surface area contributed by atoms with Crippen LogP contribution < -0.4 is 0 Å². The normalized spacial score (nSPS) is 17.5. The summed E-state index contributed by atoms with van der Waals surface area (Å²) in [6.07, 6.45) is -17.9. The fourth-order valence-electron chi connectivity index (χ4n) is 3.47. The second-order valence-corrected chi connectivity index (χ2v) is 12.1. The van der Waals surface area contributed by atoms with Gasteiger partial charge in [0.2, 0.25) is 0 Å². The molecule has 59 heavy (non-hydrogen) atoms. The SMILES string of the molecule is FC(F)(F)C(F)(C(F)(F)F)C(F)(F)C(F)(F)C(F)(F)C(F)(F)C(F)(F)C(F)(F)C(F)(F)C(F)(F)C(F)(F)C(F)(F)C(F)(F)C(F)(F)C(F)(F)C(F)(F)C(F)(F)C(F)(F)I. The largest absolute Gasteiger partial charge is 0.438 e. The minimum absolute atomic E-state index is 1.47. The van der Waals surface area contributed by atoms with E-state index in [1.807, 2.05) is 0 Å². The maximum atomic E-state index is 13.9. The van der Waals surface area contributed by atoms with Gasteiger partial charge in [0, 0.05) is 22.6 Å². The summed E-state index contributed by atoms with van der Waals surface area (Å²) in [6, 6.07) is 0. The Hall–Kier alpha value is -2.00. The van der Waals surface area contributed by atoms with E-state index in [1.54, 1.807) is 0 Å². The molecule has 0 heterocycles. The van der Waals surface area contributed by atoms with Gasteiger partial charge >= 0.3 is 111 Å². The van der Waals surface area contributed by atoms with Gasteiger partial charge in [-0.1, -0.05) is 0 Å². The van der Waals surface area contributed by atoms with Gasteiger partial charge in [0.15, 0.2) is 0 Å². The van der Waals surface area contributed by atoms with E-state index in [4.69, 9.17) is 0 Å². The minimum atomic E-state index is -10.5. The van der Waals surface area contributed by atoms with Gasteiger partial charge in [-0.25, -0.2) is 4.39 Å². The molecule has 0 radical (unpaired) electrons. The molecule has 0 aromatic heterocycles. The zero-order valence-electron chi connectivity index (χ0n) is 24.6. The van der Waals surface area contributed by atoms with Gasteiger partial charge in [-0.3, -0.25) is 0 Å². The standard InChI is InChI=1S/C19F39I/c20-1(17(51,52)53,18(54,55)56)2(21,22)3(23,24)4(25,26)5(27,28)6(29,30)7(31,32)8(33,34)9(35,36)10(37,38)11(39,40)12(41,42)13(43,44)14(45,46)15(47,48)16(49,50)19(57,58)59. The van der Waals surface area contributed by atoms with Crippen molar-refractivity contribution in [3.05, 3.63) is 0 Å². The van der Waals surface area contributed by atoms with Gasteiger partial charge < -0.3 is 0 Å². The van der Waals surface area contributed by atoms with Gasteiger partial charge in [-0.05, 0) is 0 Å². The van der Waals surface area contributed by atoms with E-state index < -0.39 is 133 Å². The monoisotopic (exact) mass is 1100 g/mol. The Morgan fingerprint density at radius 3 is 0.356 bits per heavy atom. The Labute approximate surface area is 305 Å². The van der Waals surface area contributed by atoms with Crippen molar-refractivity contribution in [2.75, 3.05) is 0 Å². The van der Waals surface area contributed by atoms with Crippen LogP contribution >= 0.6 is 22.6 Å². The summed E-state index contributed by atoms with van der Waals surface area (Å²) in [5.74, 6) is -151. The van der Waals surface area contributed by atoms with Crippen LogP contribution in [-0.2, 0) is 0 Å². The van der Waals surface area contributed by atoms with Crippen molar-refractivity contribution in [3.63, 3.8) is 0 Å². The fraction of sp³-hybridized carbons (Fsp3) is 1.00. The molecule has 0 rings (SSSR count). The summed E-state index contributed by atoms with van der Waals surface area (Å²) in [5.41, 5.74) is -9.54. The van der Waals surface area contributed by atoms with Crippen LogP contribution in [0.4, 0.5) is 171 Å². The highest BCUT2D eigenvalue weighted by Gasteiger charge is 3.03. The van der Waals surface area contributed by atoms with Crippen LogP contribution in [0.5, 0.6) is 0 Å². The van der Waals surface area contributed by atoms with Crippen LogP contribution in [-0.4, -0.2) is 111 Å². The van der Waals surface area contributed by atoms with Crippen molar-refractivity contribution < 1.29 is 171 Å². The highest BCUT2D eigenvalue weighted by atomic mass is 127. The predicted molar refractivity (Wildman–Crippen MR) is 109 cm³/mol. The zero-order chi connectivity index (χ0) is 49.5. The zero-order valence-corrected chi connectivity index (χ0v) is 26.8. The highest BCUT2D eigenvalue weighted by molar-refractivity contribution is 14.1. The first-order valence-corrected chi connectivity index (χ1v) is 13.1. The van der Waals surface area contributed by atoms with Crippen molar-refractivity contribution in [2.24, 2.45) is 0 Å². The summed E-state index contributed by atoms with van der Waals surface area (Å²) >= 11 is -1.47. The molecule has 0 aromatic rings. The third-order valence-corrected chi connectivity index (χ3v) is 7.77. The first-order chi connectivity index (χ1) is 24.5. The van der Waals surface area contributed by atoms with E-state index in [-0.39, 0.29) is 0 Å². The molecule has 0 atom stereocenters. The average Bonchev–Trinajstić information content (AvgIpc) is 2.97. The molecule has 0 nitrogen and oxygen atoms in total. The van der Waals surface area contributed by atoms with E-state index in [9.17, 15) is 171 Å². The molecular formula is C19F39I. The molecule has 0 bridgehead atoms. The molecule has 0 spiro atoms. The molecule has 0 N–H and O–H groups in total. The van der Waals surface area contributed by atoms with Crippen LogP contribution in [0.25, 0.3) is 0 Å². The lowest BCUT2D eigenvalue weighted by Gasteiger charge is -2.47. The van der Waals surface area contributed by atoms with Gasteiger partial charge in [-0.15, -0.1) is 0 Å². The summed E-state index contributed by atoms with van der Waals surface area (Å²) in [4.78, 5) is 0. The van der Waals surface area contributed by atoms with Crippen LogP contribution in [0.3, 0.4) is 0 Å². The third-order valence-electron chi connectivity index (χ3n) is 7.09. The predicted octanol–water partition coefficient (Wildman–Crippen LogP) is 13.4. The Balaban J connectivity index is 8.00. The minimum Gasteiger partial charge on any atom is -0.216 e. The third kappa shape index (κ3) is 6.38. The molecule has 0 aliphatic rings. The highest BCUT2D eigenvalue weighted by Crippen LogP contribution is 2.71. The van der Waals surface area contributed by atoms with E-state index in [0.29, 0.717) is 0 Å². The fourth-order valence-corrected chi connectivity index (χ4v) is 3.81. The Morgan fingerprint density at radius 1 is 0.153 bits per heavy atom. The number of hydrogen-bond acceptors (Lipinski definition) is 0. The molecule has 0 aromatic carbocycles. The maximum absolute atomic E-state index is 13.9. The van der Waals surface area contributed by atoms with Crippen LogP contribution in [0.1, 0.15) is 0 Å². The van der Waals surface area contributed by atoms with Gasteiger partial charge in [-0.2, -0.15) is 167 Å². The average molecular weight is 1100 g/mol. The van der Waals surface area contributed by atoms with Crippen LogP contribution in [0.2, 0.25) is 0 Å². The Bertz CT molecular complexity index is 1510. The molecule has 0 amide bonds. The lowest BCUT2D eigenvalue weighted by atomic mass is 9.81. The number of halogens is 40. The number of alkyl halides is 40. The lowest BCUT2D eigenvalue weighted by Crippen LogP contribution is -2.81. The quantitative estimate of drug-likeness (QED) is 0.0821. The van der Waals surface area contributed by atoms with Crippen LogP contribution in [0, 0.1) is 0 Å². The van der Waals surface area contributed by atoms with Crippen molar-refractivity contribution in [2.45, 2.75) is 111 Å². The molecule has 0 aliphatic heterocycles. The van der Waals surface area contributed by atoms with Crippen molar-refractivity contribution >= 4 is 22.6 Å². The van der Waals surface area contributed by atoms with Gasteiger partial charge in [0.05, 0.1) is 0 Å². The molecule has 0 aliphatic carbocycles. The second kappa shape index (κ2) is 13.5. The van der Waals surface area contributed by atoms with E-state index in [0.717, 1.165) is 0 Å². The van der Waals surface area contributed by atoms with Crippen LogP contribution in [0.15, 0.2) is 0 Å². The molecule has 356 valence electrons. The number of rotatable bonds is 16. The summed E-state index contributed by atoms with van der Waals surface area (Å²) in [6.45, 7) is 0. The molecule has 0 saturated heterocycles. The van der Waals surface area contributed by atoms with E-state index in [2.05, 4.69) is 0 Å². The molecular weight excluding hydrogens is 1100 g/mol. The summed E-state index contributed by atoms with van der Waals surface area (Å²) in [7, 11) is 0. The molecule has 0 unspecified atom stereocenters. The van der Waals surface area contributed by atoms with Gasteiger partial charge in [0.25, 0.3) is 0 Å². The van der Waals surface area contributed by atoms with Crippen molar-refractivity contribution in [3.8, 4) is 0 Å². The maximum Gasteiger partial charge on any atom is 0.438 e. The Kier molecular flexibility index (Phi) is 13.0. The smallest absolute Gasteiger partial charge is 0.216 e. The number of hydrogen-bond donors (Lipinski definition) is 0. The topological polar surface area (TPSA) is 0 Å². The lowest BCUT2D eigenvalue weighted by molar-refractivity contribution is -0.495. The molecule has 0 fully saturated rings. The summed E-state index contributed by atoms with van der Waals surface area (Å²) < 4.78 is 518. The molecule has 40 heteroatoms. The second-order valence-electron chi connectivity index (χ2n) is 10.8. The summed E-state index contributed by atoms with van der Waals surface area (Å²) in [5, 5.41) is 0. The van der Waals surface area contributed by atoms with Crippen molar-refractivity contribution in [1.29, 1.82) is 0 Å². The van der Waals surface area contributed by atoms with E-state index >= 15 is 0 Å². The first-order valence-electron chi connectivity index (χ1n) is 12.1. The van der Waals surface area contributed by atoms with Gasteiger partial charge in [0.1, 0.15) is 0 Å².